The lowest BCUT2D eigenvalue weighted by molar-refractivity contribution is 0.598. The largest absolute Gasteiger partial charge is 0.370 e. The van der Waals surface area contributed by atoms with Gasteiger partial charge >= 0.3 is 0 Å². The second-order valence-electron chi connectivity index (χ2n) is 4.93. The third kappa shape index (κ3) is 6.26. The van der Waals surface area contributed by atoms with Crippen LogP contribution >= 0.6 is 0 Å². The molecule has 7 nitrogen and oxygen atoms in total. The smallest absolute Gasteiger partial charge is 0.210 e. The summed E-state index contributed by atoms with van der Waals surface area (Å²) in [5.74, 6) is 2.08. The van der Waals surface area contributed by atoms with Gasteiger partial charge in [-0.05, 0) is 19.8 Å². The number of nitrogens with zero attached hydrogens (tertiary/aromatic N) is 2. The molecule has 1 aromatic heterocycles. The van der Waals surface area contributed by atoms with Crippen LogP contribution in [0.25, 0.3) is 0 Å². The minimum absolute atomic E-state index is 0.128. The fraction of sp³-hybridized carbons (Fsp3) is 0.692. The van der Waals surface area contributed by atoms with Gasteiger partial charge in [0.25, 0.3) is 0 Å². The number of primary sulfonamides is 1. The zero-order chi connectivity index (χ0) is 15.9. The first-order valence-corrected chi connectivity index (χ1v) is 8.94. The summed E-state index contributed by atoms with van der Waals surface area (Å²) >= 11 is 0. The molecule has 0 saturated heterocycles. The Labute approximate surface area is 126 Å². The molecule has 0 atom stereocenters. The SMILES string of the molecule is CCCNc1nc(CCC)nc(NCCS(N)(=O)=O)c1C. The second-order valence-corrected chi connectivity index (χ2v) is 6.67. The molecule has 0 aliphatic carbocycles. The van der Waals surface area contributed by atoms with E-state index in [1.54, 1.807) is 0 Å². The number of hydrogen-bond acceptors (Lipinski definition) is 6. The van der Waals surface area contributed by atoms with E-state index in [0.717, 1.165) is 43.0 Å². The molecule has 0 radical (unpaired) electrons. The summed E-state index contributed by atoms with van der Waals surface area (Å²) in [4.78, 5) is 8.96. The predicted octanol–water partition coefficient (Wildman–Crippen LogP) is 1.26. The first-order chi connectivity index (χ1) is 9.87. The minimum atomic E-state index is -3.47. The fourth-order valence-corrected chi connectivity index (χ4v) is 2.18. The van der Waals surface area contributed by atoms with E-state index in [4.69, 9.17) is 5.14 Å². The van der Waals surface area contributed by atoms with Crippen molar-refractivity contribution in [3.8, 4) is 0 Å². The molecule has 1 rings (SSSR count). The van der Waals surface area contributed by atoms with Crippen molar-refractivity contribution >= 4 is 21.7 Å². The summed E-state index contributed by atoms with van der Waals surface area (Å²) in [7, 11) is -3.47. The van der Waals surface area contributed by atoms with Gasteiger partial charge in [0.2, 0.25) is 10.0 Å². The number of hydrogen-bond donors (Lipinski definition) is 3. The molecule has 0 unspecified atom stereocenters. The molecular weight excluding hydrogens is 290 g/mol. The minimum Gasteiger partial charge on any atom is -0.370 e. The Morgan fingerprint density at radius 2 is 1.62 bits per heavy atom. The van der Waals surface area contributed by atoms with E-state index in [2.05, 4.69) is 34.4 Å². The number of aromatic nitrogens is 2. The number of aryl methyl sites for hydroxylation is 1. The lowest BCUT2D eigenvalue weighted by atomic mass is 10.2. The molecule has 0 bridgehead atoms. The lowest BCUT2D eigenvalue weighted by Crippen LogP contribution is -2.23. The van der Waals surface area contributed by atoms with Gasteiger partial charge in [0.1, 0.15) is 17.5 Å². The highest BCUT2D eigenvalue weighted by Gasteiger charge is 2.11. The maximum absolute atomic E-state index is 11.0. The van der Waals surface area contributed by atoms with E-state index in [9.17, 15) is 8.42 Å². The van der Waals surface area contributed by atoms with E-state index in [1.165, 1.54) is 0 Å². The molecule has 0 fully saturated rings. The zero-order valence-electron chi connectivity index (χ0n) is 12.9. The third-order valence-electron chi connectivity index (χ3n) is 2.89. The van der Waals surface area contributed by atoms with E-state index in [1.807, 2.05) is 6.92 Å². The topological polar surface area (TPSA) is 110 Å². The van der Waals surface area contributed by atoms with Crippen molar-refractivity contribution < 1.29 is 8.42 Å². The lowest BCUT2D eigenvalue weighted by Gasteiger charge is -2.14. The average molecular weight is 315 g/mol. The maximum Gasteiger partial charge on any atom is 0.210 e. The maximum atomic E-state index is 11.0. The van der Waals surface area contributed by atoms with Gasteiger partial charge in [-0.15, -0.1) is 0 Å². The van der Waals surface area contributed by atoms with Gasteiger partial charge < -0.3 is 10.6 Å². The molecular formula is C13H25N5O2S. The molecule has 8 heteroatoms. The molecule has 0 spiro atoms. The van der Waals surface area contributed by atoms with Crippen molar-refractivity contribution in [3.63, 3.8) is 0 Å². The molecule has 1 aromatic rings. The van der Waals surface area contributed by atoms with Crippen molar-refractivity contribution in [2.75, 3.05) is 29.5 Å². The highest BCUT2D eigenvalue weighted by molar-refractivity contribution is 7.89. The molecule has 4 N–H and O–H groups in total. The number of anilines is 2. The first-order valence-electron chi connectivity index (χ1n) is 7.23. The van der Waals surface area contributed by atoms with Gasteiger partial charge in [0.15, 0.2) is 0 Å². The quantitative estimate of drug-likeness (QED) is 0.633. The van der Waals surface area contributed by atoms with Crippen LogP contribution in [0.5, 0.6) is 0 Å². The van der Waals surface area contributed by atoms with Crippen LogP contribution in [0, 0.1) is 6.92 Å². The standard InChI is InChI=1S/C13H25N5O2S/c1-4-6-11-17-12(15-7-5-2)10(3)13(18-11)16-8-9-21(14,19)20/h4-9H2,1-3H3,(H2,14,19,20)(H2,15,16,17,18). The van der Waals surface area contributed by atoms with Crippen LogP contribution in [-0.2, 0) is 16.4 Å². The molecule has 21 heavy (non-hydrogen) atoms. The monoisotopic (exact) mass is 315 g/mol. The van der Waals surface area contributed by atoms with Crippen LogP contribution in [0.4, 0.5) is 11.6 Å². The number of nitrogens with two attached hydrogens (primary N) is 1. The van der Waals surface area contributed by atoms with E-state index >= 15 is 0 Å². The third-order valence-corrected chi connectivity index (χ3v) is 3.66. The van der Waals surface area contributed by atoms with Crippen LogP contribution < -0.4 is 15.8 Å². The summed E-state index contributed by atoms with van der Waals surface area (Å²) < 4.78 is 22.0. The van der Waals surface area contributed by atoms with Gasteiger partial charge in [-0.1, -0.05) is 13.8 Å². The van der Waals surface area contributed by atoms with Crippen molar-refractivity contribution in [2.45, 2.75) is 40.0 Å². The van der Waals surface area contributed by atoms with Crippen LogP contribution in [-0.4, -0.2) is 37.2 Å². The first kappa shape index (κ1) is 17.6. The summed E-state index contributed by atoms with van der Waals surface area (Å²) in [6.07, 6.45) is 2.73. The summed E-state index contributed by atoms with van der Waals surface area (Å²) in [6.45, 7) is 7.13. The summed E-state index contributed by atoms with van der Waals surface area (Å²) in [5, 5.41) is 11.3. The van der Waals surface area contributed by atoms with Crippen LogP contribution in [0.3, 0.4) is 0 Å². The predicted molar refractivity (Wildman–Crippen MR) is 86.0 cm³/mol. The fourth-order valence-electron chi connectivity index (χ4n) is 1.80. The van der Waals surface area contributed by atoms with Crippen molar-refractivity contribution in [1.82, 2.24) is 9.97 Å². The van der Waals surface area contributed by atoms with Gasteiger partial charge in [0, 0.05) is 25.1 Å². The molecule has 1 heterocycles. The Kier molecular flexibility index (Phi) is 6.83. The van der Waals surface area contributed by atoms with Crippen LogP contribution in [0.15, 0.2) is 0 Å². The average Bonchev–Trinajstić information content (AvgIpc) is 2.39. The van der Waals surface area contributed by atoms with Gasteiger partial charge in [-0.3, -0.25) is 0 Å². The molecule has 120 valence electrons. The highest BCUT2D eigenvalue weighted by Crippen LogP contribution is 2.20. The Balaban J connectivity index is 2.91. The zero-order valence-corrected chi connectivity index (χ0v) is 13.8. The molecule has 0 aromatic carbocycles. The Hall–Kier alpha value is -1.41. The normalized spacial score (nSPS) is 11.4. The van der Waals surface area contributed by atoms with Gasteiger partial charge in [-0.25, -0.2) is 23.5 Å². The number of sulfonamides is 1. The summed E-state index contributed by atoms with van der Waals surface area (Å²) in [6, 6.07) is 0. The Morgan fingerprint density at radius 3 is 2.10 bits per heavy atom. The van der Waals surface area contributed by atoms with Gasteiger partial charge in [0.05, 0.1) is 5.75 Å². The molecule has 0 saturated carbocycles. The van der Waals surface area contributed by atoms with E-state index < -0.39 is 10.0 Å². The summed E-state index contributed by atoms with van der Waals surface area (Å²) in [5.41, 5.74) is 0.887. The van der Waals surface area contributed by atoms with Crippen molar-refractivity contribution in [1.29, 1.82) is 0 Å². The van der Waals surface area contributed by atoms with E-state index in [-0.39, 0.29) is 12.3 Å². The molecule has 0 aliphatic heterocycles. The number of rotatable bonds is 9. The molecule has 0 amide bonds. The molecule has 0 aliphatic rings. The highest BCUT2D eigenvalue weighted by atomic mass is 32.2. The van der Waals surface area contributed by atoms with Crippen LogP contribution in [0.1, 0.15) is 38.1 Å². The van der Waals surface area contributed by atoms with Gasteiger partial charge in [-0.2, -0.15) is 0 Å². The van der Waals surface area contributed by atoms with Crippen molar-refractivity contribution in [3.05, 3.63) is 11.4 Å². The Morgan fingerprint density at radius 1 is 1.05 bits per heavy atom. The number of nitrogens with one attached hydrogen (secondary N) is 2. The second kappa shape index (κ2) is 8.14. The van der Waals surface area contributed by atoms with Crippen LogP contribution in [0.2, 0.25) is 0 Å². The Bertz CT molecular complexity index is 560. The van der Waals surface area contributed by atoms with E-state index in [0.29, 0.717) is 5.82 Å². The van der Waals surface area contributed by atoms with Crippen molar-refractivity contribution in [2.24, 2.45) is 5.14 Å².